The van der Waals surface area contributed by atoms with E-state index < -0.39 is 5.41 Å². The summed E-state index contributed by atoms with van der Waals surface area (Å²) in [5, 5.41) is 0.419. The van der Waals surface area contributed by atoms with Crippen molar-refractivity contribution < 1.29 is 19.1 Å². The third-order valence-electron chi connectivity index (χ3n) is 7.18. The van der Waals surface area contributed by atoms with E-state index in [0.29, 0.717) is 41.6 Å². The van der Waals surface area contributed by atoms with Crippen LogP contribution in [-0.4, -0.2) is 37.1 Å². The molecule has 0 atom stereocenters. The van der Waals surface area contributed by atoms with Crippen molar-refractivity contribution in [2.24, 2.45) is 11.1 Å². The number of hydrogen-bond acceptors (Lipinski definition) is 4. The molecule has 3 amide bonds. The van der Waals surface area contributed by atoms with Gasteiger partial charge in [-0.25, -0.2) is 4.79 Å². The first-order valence-corrected chi connectivity index (χ1v) is 11.5. The topological polar surface area (TPSA) is 85.1 Å². The van der Waals surface area contributed by atoms with Crippen molar-refractivity contribution in [3.63, 3.8) is 0 Å². The van der Waals surface area contributed by atoms with Crippen LogP contribution in [0.15, 0.2) is 30.3 Å². The maximum Gasteiger partial charge on any atom is 0.329 e. The van der Waals surface area contributed by atoms with Crippen LogP contribution in [0.4, 0.5) is 16.2 Å². The molecule has 0 aromatic heterocycles. The standard InChI is InChI=1S/C25H30ClN3O4/c1-15-5-7-21(33-4)22-18(15)14-28(16-9-11-25(2,12-10-16)23(27)30)24(31)29(22)17-6-8-20(32-3)19(26)13-17/h5-8,13,16H,9-12,14H2,1-4H3,(H2,27,30). The van der Waals surface area contributed by atoms with Crippen molar-refractivity contribution in [2.45, 2.75) is 52.1 Å². The Balaban J connectivity index is 1.77. The van der Waals surface area contributed by atoms with Crippen molar-refractivity contribution in [1.82, 2.24) is 4.90 Å². The SMILES string of the molecule is COc1ccc(N2C(=O)N(C3CCC(C)(C(N)=O)CC3)Cc3c(C)ccc(OC)c32)cc1Cl. The van der Waals surface area contributed by atoms with E-state index in [1.807, 2.05) is 36.9 Å². The average Bonchev–Trinajstić information content (AvgIpc) is 2.80. The molecule has 2 aromatic carbocycles. The van der Waals surface area contributed by atoms with Gasteiger partial charge in [0.25, 0.3) is 0 Å². The van der Waals surface area contributed by atoms with E-state index in [1.54, 1.807) is 31.3 Å². The Labute approximate surface area is 199 Å². The van der Waals surface area contributed by atoms with E-state index in [1.165, 1.54) is 0 Å². The van der Waals surface area contributed by atoms with Gasteiger partial charge in [0.15, 0.2) is 0 Å². The molecular weight excluding hydrogens is 442 g/mol. The molecule has 2 aromatic rings. The molecule has 1 aliphatic carbocycles. The molecule has 0 unspecified atom stereocenters. The van der Waals surface area contributed by atoms with E-state index in [4.69, 9.17) is 26.8 Å². The number of methoxy groups -OCH3 is 2. The molecule has 0 radical (unpaired) electrons. The number of benzene rings is 2. The van der Waals surface area contributed by atoms with Crippen molar-refractivity contribution in [1.29, 1.82) is 0 Å². The Morgan fingerprint density at radius 1 is 1.12 bits per heavy atom. The van der Waals surface area contributed by atoms with E-state index >= 15 is 0 Å². The largest absolute Gasteiger partial charge is 0.495 e. The number of urea groups is 1. The Kier molecular flexibility index (Phi) is 6.18. The molecule has 2 aliphatic rings. The lowest BCUT2D eigenvalue weighted by Gasteiger charge is -2.45. The number of amides is 3. The zero-order valence-corrected chi connectivity index (χ0v) is 20.2. The monoisotopic (exact) mass is 471 g/mol. The zero-order chi connectivity index (χ0) is 23.9. The van der Waals surface area contributed by atoms with Crippen LogP contribution in [0.5, 0.6) is 11.5 Å². The van der Waals surface area contributed by atoms with Crippen LogP contribution in [-0.2, 0) is 11.3 Å². The Bertz CT molecular complexity index is 1100. The number of nitrogens with two attached hydrogens (primary N) is 1. The second kappa shape index (κ2) is 8.78. The lowest BCUT2D eigenvalue weighted by atomic mass is 9.73. The van der Waals surface area contributed by atoms with Crippen LogP contribution in [0.3, 0.4) is 0 Å². The third-order valence-corrected chi connectivity index (χ3v) is 7.47. The fraction of sp³-hybridized carbons (Fsp3) is 0.440. The zero-order valence-electron chi connectivity index (χ0n) is 19.5. The average molecular weight is 472 g/mol. The van der Waals surface area contributed by atoms with Crippen molar-refractivity contribution in [2.75, 3.05) is 19.1 Å². The lowest BCUT2D eigenvalue weighted by Crippen LogP contribution is -2.52. The lowest BCUT2D eigenvalue weighted by molar-refractivity contribution is -0.129. The van der Waals surface area contributed by atoms with Crippen LogP contribution in [0.25, 0.3) is 0 Å². The number of anilines is 2. The Morgan fingerprint density at radius 3 is 2.33 bits per heavy atom. The smallest absolute Gasteiger partial charge is 0.329 e. The van der Waals surface area contributed by atoms with Crippen LogP contribution < -0.4 is 20.1 Å². The fourth-order valence-corrected chi connectivity index (χ4v) is 5.16. The van der Waals surface area contributed by atoms with Crippen LogP contribution >= 0.6 is 11.6 Å². The maximum atomic E-state index is 14.0. The van der Waals surface area contributed by atoms with Crippen LogP contribution in [0.1, 0.15) is 43.7 Å². The van der Waals surface area contributed by atoms with E-state index in [0.717, 1.165) is 29.7 Å². The summed E-state index contributed by atoms with van der Waals surface area (Å²) in [7, 11) is 3.16. The number of hydrogen-bond donors (Lipinski definition) is 1. The first kappa shape index (κ1) is 23.2. The molecular formula is C25H30ClN3O4. The number of nitrogens with zero attached hydrogens (tertiary/aromatic N) is 2. The van der Waals surface area contributed by atoms with Crippen LogP contribution in [0.2, 0.25) is 5.02 Å². The Morgan fingerprint density at radius 2 is 1.76 bits per heavy atom. The molecule has 0 spiro atoms. The predicted octanol–water partition coefficient (Wildman–Crippen LogP) is 5.17. The molecule has 7 nitrogen and oxygen atoms in total. The molecule has 4 rings (SSSR count). The fourth-order valence-electron chi connectivity index (χ4n) is 4.90. The van der Waals surface area contributed by atoms with Crippen LogP contribution in [0, 0.1) is 12.3 Å². The summed E-state index contributed by atoms with van der Waals surface area (Å²) in [6.07, 6.45) is 2.77. The van der Waals surface area contributed by atoms with Gasteiger partial charge in [0.05, 0.1) is 37.2 Å². The summed E-state index contributed by atoms with van der Waals surface area (Å²) in [6.45, 7) is 4.44. The molecule has 1 fully saturated rings. The molecule has 0 bridgehead atoms. The number of ether oxygens (including phenoxy) is 2. The molecule has 176 valence electrons. The first-order valence-electron chi connectivity index (χ1n) is 11.1. The molecule has 1 aliphatic heterocycles. The van der Waals surface area contributed by atoms with Gasteiger partial charge in [0, 0.05) is 17.0 Å². The highest BCUT2D eigenvalue weighted by Gasteiger charge is 2.43. The van der Waals surface area contributed by atoms with Gasteiger partial charge >= 0.3 is 6.03 Å². The summed E-state index contributed by atoms with van der Waals surface area (Å²) < 4.78 is 11.0. The van der Waals surface area contributed by atoms with Gasteiger partial charge < -0.3 is 20.1 Å². The molecule has 0 saturated heterocycles. The van der Waals surface area contributed by atoms with Gasteiger partial charge in [-0.1, -0.05) is 24.6 Å². The number of halogens is 1. The van der Waals surface area contributed by atoms with Gasteiger partial charge in [0.2, 0.25) is 5.91 Å². The number of fused-ring (bicyclic) bond motifs is 1. The van der Waals surface area contributed by atoms with E-state index in [9.17, 15) is 9.59 Å². The molecule has 1 saturated carbocycles. The highest BCUT2D eigenvalue weighted by atomic mass is 35.5. The Hall–Kier alpha value is -2.93. The number of carbonyl (C=O) groups excluding carboxylic acids is 2. The number of rotatable bonds is 5. The van der Waals surface area contributed by atoms with Gasteiger partial charge in [-0.05, 0) is 62.4 Å². The maximum absolute atomic E-state index is 14.0. The third kappa shape index (κ3) is 3.99. The second-order valence-electron chi connectivity index (χ2n) is 9.13. The van der Waals surface area contributed by atoms with E-state index in [2.05, 4.69) is 0 Å². The second-order valence-corrected chi connectivity index (χ2v) is 9.54. The molecule has 8 heteroatoms. The summed E-state index contributed by atoms with van der Waals surface area (Å²) >= 11 is 6.42. The minimum absolute atomic E-state index is 0.0138. The number of primary amides is 1. The first-order chi connectivity index (χ1) is 15.7. The molecule has 2 N–H and O–H groups in total. The van der Waals surface area contributed by atoms with Gasteiger partial charge in [-0.3, -0.25) is 9.69 Å². The predicted molar refractivity (Wildman–Crippen MR) is 128 cm³/mol. The summed E-state index contributed by atoms with van der Waals surface area (Å²) in [5.74, 6) is 0.892. The minimum atomic E-state index is -0.518. The molecule has 33 heavy (non-hydrogen) atoms. The summed E-state index contributed by atoms with van der Waals surface area (Å²) in [4.78, 5) is 29.5. The highest BCUT2D eigenvalue weighted by molar-refractivity contribution is 6.32. The van der Waals surface area contributed by atoms with E-state index in [-0.39, 0.29) is 18.0 Å². The summed E-state index contributed by atoms with van der Waals surface area (Å²) in [5.41, 5.74) is 8.60. The minimum Gasteiger partial charge on any atom is -0.495 e. The van der Waals surface area contributed by atoms with Gasteiger partial charge in [0.1, 0.15) is 11.5 Å². The summed E-state index contributed by atoms with van der Waals surface area (Å²) in [6, 6.07) is 9.08. The normalized spacial score (nSPS) is 22.7. The number of carbonyl (C=O) groups is 2. The van der Waals surface area contributed by atoms with Gasteiger partial charge in [-0.2, -0.15) is 0 Å². The highest BCUT2D eigenvalue weighted by Crippen LogP contribution is 2.46. The van der Waals surface area contributed by atoms with Crippen molar-refractivity contribution in [3.05, 3.63) is 46.5 Å². The van der Waals surface area contributed by atoms with Crippen molar-refractivity contribution >= 4 is 34.9 Å². The van der Waals surface area contributed by atoms with Crippen molar-refractivity contribution in [3.8, 4) is 11.5 Å². The number of aryl methyl sites for hydroxylation is 1. The van der Waals surface area contributed by atoms with Gasteiger partial charge in [-0.15, -0.1) is 0 Å². The molecule has 1 heterocycles. The quantitative estimate of drug-likeness (QED) is 0.651.